The van der Waals surface area contributed by atoms with Crippen LogP contribution in [0, 0.1) is 5.41 Å². The molecule has 0 amide bonds. The standard InChI is InChI=1S/C12H26N2/c1-5-12(3,4)9-14-7-6-11(13)8-10(14)2/h10-11H,5-9,13H2,1-4H3. The summed E-state index contributed by atoms with van der Waals surface area (Å²) in [4.78, 5) is 2.60. The van der Waals surface area contributed by atoms with E-state index in [1.807, 2.05) is 0 Å². The molecule has 1 saturated heterocycles. The van der Waals surface area contributed by atoms with Crippen LogP contribution in [-0.2, 0) is 0 Å². The van der Waals surface area contributed by atoms with E-state index < -0.39 is 0 Å². The molecule has 2 atom stereocenters. The highest BCUT2D eigenvalue weighted by molar-refractivity contribution is 4.84. The van der Waals surface area contributed by atoms with Gasteiger partial charge >= 0.3 is 0 Å². The minimum Gasteiger partial charge on any atom is -0.328 e. The summed E-state index contributed by atoms with van der Waals surface area (Å²) in [6.07, 6.45) is 3.59. The lowest BCUT2D eigenvalue weighted by atomic mass is 9.87. The zero-order chi connectivity index (χ0) is 10.8. The van der Waals surface area contributed by atoms with Gasteiger partial charge in [-0.2, -0.15) is 0 Å². The van der Waals surface area contributed by atoms with Gasteiger partial charge in [0, 0.05) is 18.6 Å². The van der Waals surface area contributed by atoms with Crippen molar-refractivity contribution in [2.75, 3.05) is 13.1 Å². The van der Waals surface area contributed by atoms with Crippen LogP contribution < -0.4 is 5.73 Å². The van der Waals surface area contributed by atoms with Gasteiger partial charge in [0.05, 0.1) is 0 Å². The summed E-state index contributed by atoms with van der Waals surface area (Å²) in [5, 5.41) is 0. The van der Waals surface area contributed by atoms with E-state index in [-0.39, 0.29) is 0 Å². The second kappa shape index (κ2) is 4.63. The number of hydrogen-bond donors (Lipinski definition) is 1. The molecule has 0 aromatic heterocycles. The van der Waals surface area contributed by atoms with Gasteiger partial charge in [-0.05, 0) is 38.1 Å². The first kappa shape index (κ1) is 12.0. The van der Waals surface area contributed by atoms with Gasteiger partial charge in [-0.15, -0.1) is 0 Å². The molecule has 1 aliphatic heterocycles. The van der Waals surface area contributed by atoms with Crippen LogP contribution >= 0.6 is 0 Å². The molecule has 2 N–H and O–H groups in total. The number of nitrogens with zero attached hydrogens (tertiary/aromatic N) is 1. The van der Waals surface area contributed by atoms with E-state index in [0.717, 1.165) is 0 Å². The highest BCUT2D eigenvalue weighted by Gasteiger charge is 2.27. The number of nitrogens with two attached hydrogens (primary N) is 1. The Morgan fingerprint density at radius 1 is 1.43 bits per heavy atom. The Hall–Kier alpha value is -0.0800. The minimum absolute atomic E-state index is 0.436. The Kier molecular flexibility index (Phi) is 3.96. The first-order valence-corrected chi connectivity index (χ1v) is 5.94. The maximum Gasteiger partial charge on any atom is 0.00819 e. The molecule has 1 aliphatic rings. The van der Waals surface area contributed by atoms with E-state index in [9.17, 15) is 0 Å². The Labute approximate surface area is 88.8 Å². The Bertz CT molecular complexity index is 177. The van der Waals surface area contributed by atoms with E-state index in [2.05, 4.69) is 32.6 Å². The van der Waals surface area contributed by atoms with E-state index in [4.69, 9.17) is 5.73 Å². The fourth-order valence-corrected chi connectivity index (χ4v) is 2.15. The van der Waals surface area contributed by atoms with E-state index in [0.29, 0.717) is 17.5 Å². The molecule has 2 heteroatoms. The molecule has 0 spiro atoms. The summed E-state index contributed by atoms with van der Waals surface area (Å²) >= 11 is 0. The first-order chi connectivity index (χ1) is 6.44. The molecule has 84 valence electrons. The molecule has 2 nitrogen and oxygen atoms in total. The van der Waals surface area contributed by atoms with Gasteiger partial charge in [-0.1, -0.05) is 20.8 Å². The molecule has 0 aromatic carbocycles. The summed E-state index contributed by atoms with van der Waals surface area (Å²) in [7, 11) is 0. The highest BCUT2D eigenvalue weighted by Crippen LogP contribution is 2.25. The van der Waals surface area contributed by atoms with Crippen molar-refractivity contribution in [3.8, 4) is 0 Å². The third-order valence-electron chi connectivity index (χ3n) is 3.64. The quantitative estimate of drug-likeness (QED) is 0.753. The van der Waals surface area contributed by atoms with Gasteiger partial charge in [0.2, 0.25) is 0 Å². The summed E-state index contributed by atoms with van der Waals surface area (Å²) < 4.78 is 0. The summed E-state index contributed by atoms with van der Waals surface area (Å²) in [6.45, 7) is 11.7. The monoisotopic (exact) mass is 198 g/mol. The molecule has 0 aliphatic carbocycles. The minimum atomic E-state index is 0.436. The van der Waals surface area contributed by atoms with Crippen molar-refractivity contribution in [3.63, 3.8) is 0 Å². The molecule has 1 heterocycles. The third-order valence-corrected chi connectivity index (χ3v) is 3.64. The molecule has 1 fully saturated rings. The van der Waals surface area contributed by atoms with Crippen molar-refractivity contribution in [3.05, 3.63) is 0 Å². The smallest absolute Gasteiger partial charge is 0.00819 e. The predicted molar refractivity (Wildman–Crippen MR) is 62.3 cm³/mol. The molecular weight excluding hydrogens is 172 g/mol. The van der Waals surface area contributed by atoms with Crippen molar-refractivity contribution in [2.45, 2.75) is 59.0 Å². The average Bonchev–Trinajstić information content (AvgIpc) is 2.10. The Morgan fingerprint density at radius 3 is 2.57 bits per heavy atom. The lowest BCUT2D eigenvalue weighted by Crippen LogP contribution is -2.48. The molecular formula is C12H26N2. The van der Waals surface area contributed by atoms with E-state index >= 15 is 0 Å². The summed E-state index contributed by atoms with van der Waals surface area (Å²) in [5.74, 6) is 0. The first-order valence-electron chi connectivity index (χ1n) is 5.94. The van der Waals surface area contributed by atoms with Crippen molar-refractivity contribution in [2.24, 2.45) is 11.1 Å². The van der Waals surface area contributed by atoms with Crippen molar-refractivity contribution >= 4 is 0 Å². The lowest BCUT2D eigenvalue weighted by molar-refractivity contribution is 0.0950. The van der Waals surface area contributed by atoms with Crippen LogP contribution in [0.4, 0.5) is 0 Å². The van der Waals surface area contributed by atoms with Gasteiger partial charge in [0.25, 0.3) is 0 Å². The summed E-state index contributed by atoms with van der Waals surface area (Å²) in [6, 6.07) is 1.11. The maximum absolute atomic E-state index is 5.96. The molecule has 1 rings (SSSR count). The van der Waals surface area contributed by atoms with E-state index in [1.54, 1.807) is 0 Å². The van der Waals surface area contributed by atoms with Crippen LogP contribution in [0.3, 0.4) is 0 Å². The topological polar surface area (TPSA) is 29.3 Å². The maximum atomic E-state index is 5.96. The third kappa shape index (κ3) is 3.25. The van der Waals surface area contributed by atoms with Gasteiger partial charge in [0.1, 0.15) is 0 Å². The number of likely N-dealkylation sites (tertiary alicyclic amines) is 1. The molecule has 14 heavy (non-hydrogen) atoms. The molecule has 0 saturated carbocycles. The highest BCUT2D eigenvalue weighted by atomic mass is 15.2. The van der Waals surface area contributed by atoms with Crippen molar-refractivity contribution in [1.29, 1.82) is 0 Å². The SMILES string of the molecule is CCC(C)(C)CN1CCC(N)CC1C. The van der Waals surface area contributed by atoms with Crippen LogP contribution in [-0.4, -0.2) is 30.1 Å². The fourth-order valence-electron chi connectivity index (χ4n) is 2.15. The second-order valence-electron chi connectivity index (χ2n) is 5.62. The Balaban J connectivity index is 2.45. The van der Waals surface area contributed by atoms with Gasteiger partial charge in [-0.25, -0.2) is 0 Å². The van der Waals surface area contributed by atoms with Gasteiger partial charge in [-0.3, -0.25) is 0 Å². The molecule has 2 unspecified atom stereocenters. The Morgan fingerprint density at radius 2 is 2.07 bits per heavy atom. The largest absolute Gasteiger partial charge is 0.328 e. The van der Waals surface area contributed by atoms with Gasteiger partial charge < -0.3 is 10.6 Å². The normalized spacial score (nSPS) is 30.6. The number of rotatable bonds is 3. The number of hydrogen-bond acceptors (Lipinski definition) is 2. The second-order valence-corrected chi connectivity index (χ2v) is 5.62. The van der Waals surface area contributed by atoms with Crippen LogP contribution in [0.5, 0.6) is 0 Å². The zero-order valence-corrected chi connectivity index (χ0v) is 10.2. The number of piperidine rings is 1. The van der Waals surface area contributed by atoms with E-state index in [1.165, 1.54) is 32.4 Å². The average molecular weight is 198 g/mol. The van der Waals surface area contributed by atoms with Crippen LogP contribution in [0.1, 0.15) is 47.0 Å². The van der Waals surface area contributed by atoms with Crippen LogP contribution in [0.25, 0.3) is 0 Å². The fraction of sp³-hybridized carbons (Fsp3) is 1.00. The van der Waals surface area contributed by atoms with Crippen LogP contribution in [0.15, 0.2) is 0 Å². The lowest BCUT2D eigenvalue weighted by Gasteiger charge is -2.40. The van der Waals surface area contributed by atoms with Crippen molar-refractivity contribution < 1.29 is 0 Å². The van der Waals surface area contributed by atoms with Crippen molar-refractivity contribution in [1.82, 2.24) is 4.90 Å². The van der Waals surface area contributed by atoms with Gasteiger partial charge in [0.15, 0.2) is 0 Å². The molecule has 0 aromatic rings. The predicted octanol–water partition coefficient (Wildman–Crippen LogP) is 2.23. The molecule has 0 radical (unpaired) electrons. The zero-order valence-electron chi connectivity index (χ0n) is 10.2. The van der Waals surface area contributed by atoms with Crippen LogP contribution in [0.2, 0.25) is 0 Å². The summed E-state index contributed by atoms with van der Waals surface area (Å²) in [5.41, 5.74) is 6.41. The molecule has 0 bridgehead atoms.